The maximum Gasteiger partial charge on any atom is 0.233 e. The van der Waals surface area contributed by atoms with Gasteiger partial charge in [-0.1, -0.05) is 0 Å². The summed E-state index contributed by atoms with van der Waals surface area (Å²) in [5.41, 5.74) is 2.09. The molecule has 0 aromatic rings. The Bertz CT molecular complexity index is 510. The summed E-state index contributed by atoms with van der Waals surface area (Å²) in [5.74, 6) is 0.664. The van der Waals surface area contributed by atoms with Gasteiger partial charge < -0.3 is 10.0 Å². The quantitative estimate of drug-likeness (QED) is 0.767. The first-order chi connectivity index (χ1) is 8.36. The summed E-state index contributed by atoms with van der Waals surface area (Å²) in [6, 6.07) is 0.0908. The molecule has 1 N–H and O–H groups in total. The highest BCUT2D eigenvalue weighted by atomic mass is 32.2. The van der Waals surface area contributed by atoms with E-state index in [4.69, 9.17) is 5.11 Å². The van der Waals surface area contributed by atoms with E-state index in [0.29, 0.717) is 6.54 Å². The topological polar surface area (TPSA) is 73.2 Å². The van der Waals surface area contributed by atoms with E-state index in [1.54, 1.807) is 4.90 Å². The summed E-state index contributed by atoms with van der Waals surface area (Å²) in [6.07, 6.45) is 0. The van der Waals surface area contributed by atoms with Gasteiger partial charge in [-0.25, -0.2) is 8.42 Å². The molecule has 2 aliphatic heterocycles. The molecule has 2 rings (SSSR count). The Labute approximate surface area is 108 Å². The molecule has 0 spiro atoms. The number of rotatable bonds is 2. The van der Waals surface area contributed by atoms with E-state index in [9.17, 15) is 8.42 Å². The number of hydrogen-bond acceptors (Lipinski definition) is 5. The van der Waals surface area contributed by atoms with Crippen molar-refractivity contribution in [2.75, 3.05) is 25.6 Å². The zero-order chi connectivity index (χ0) is 13.5. The van der Waals surface area contributed by atoms with Crippen LogP contribution in [0.5, 0.6) is 0 Å². The molecular weight excluding hydrogens is 254 g/mol. The molecule has 102 valence electrons. The van der Waals surface area contributed by atoms with Gasteiger partial charge in [0.2, 0.25) is 10.0 Å². The fourth-order valence-electron chi connectivity index (χ4n) is 2.32. The normalized spacial score (nSPS) is 28.1. The number of aliphatic hydroxyl groups is 1. The number of sulfonamides is 1. The van der Waals surface area contributed by atoms with Gasteiger partial charge in [0.25, 0.3) is 0 Å². The Morgan fingerprint density at radius 1 is 1.44 bits per heavy atom. The van der Waals surface area contributed by atoms with Crippen molar-refractivity contribution in [3.63, 3.8) is 0 Å². The third kappa shape index (κ3) is 2.17. The van der Waals surface area contributed by atoms with Crippen LogP contribution in [0.2, 0.25) is 0 Å². The van der Waals surface area contributed by atoms with Crippen LogP contribution in [-0.4, -0.2) is 60.2 Å². The van der Waals surface area contributed by atoms with Gasteiger partial charge in [-0.2, -0.15) is 4.31 Å². The Morgan fingerprint density at radius 2 is 2.11 bits per heavy atom. The number of β-amino-alcohol motifs (C(OH)–C–C–N with tert-alkyl or cyclic N) is 1. The third-order valence-electron chi connectivity index (χ3n) is 3.54. The lowest BCUT2D eigenvalue weighted by Crippen LogP contribution is -2.52. The molecule has 7 heteroatoms. The van der Waals surface area contributed by atoms with E-state index in [0.717, 1.165) is 17.1 Å². The number of fused-ring (bicyclic) bond motifs is 1. The SMILES string of the molecule is CC1=NC(C)C(C)=C2CN(CCO)S(=O)(=O)CN12. The van der Waals surface area contributed by atoms with E-state index in [1.807, 2.05) is 20.8 Å². The van der Waals surface area contributed by atoms with Crippen molar-refractivity contribution >= 4 is 15.9 Å². The van der Waals surface area contributed by atoms with E-state index in [-0.39, 0.29) is 25.1 Å². The molecule has 0 radical (unpaired) electrons. The molecule has 1 unspecified atom stereocenters. The zero-order valence-corrected chi connectivity index (χ0v) is 11.7. The number of aliphatic hydroxyl groups excluding tert-OH is 1. The summed E-state index contributed by atoms with van der Waals surface area (Å²) in [6.45, 7) is 6.14. The van der Waals surface area contributed by atoms with Crippen molar-refractivity contribution < 1.29 is 13.5 Å². The van der Waals surface area contributed by atoms with Gasteiger partial charge in [0, 0.05) is 12.2 Å². The predicted molar refractivity (Wildman–Crippen MR) is 69.6 cm³/mol. The first-order valence-electron chi connectivity index (χ1n) is 5.97. The van der Waals surface area contributed by atoms with Gasteiger partial charge in [0.15, 0.2) is 0 Å². The van der Waals surface area contributed by atoms with Crippen LogP contribution in [-0.2, 0) is 10.0 Å². The van der Waals surface area contributed by atoms with Crippen molar-refractivity contribution in [2.24, 2.45) is 4.99 Å². The van der Waals surface area contributed by atoms with Gasteiger partial charge in [-0.05, 0) is 26.3 Å². The summed E-state index contributed by atoms with van der Waals surface area (Å²) >= 11 is 0. The number of aliphatic imine (C=N–C) groups is 1. The molecule has 1 atom stereocenters. The highest BCUT2D eigenvalue weighted by Gasteiger charge is 2.37. The van der Waals surface area contributed by atoms with Crippen LogP contribution in [0.4, 0.5) is 0 Å². The minimum absolute atomic E-state index is 0.0816. The van der Waals surface area contributed by atoms with Crippen molar-refractivity contribution in [3.05, 3.63) is 11.3 Å². The molecule has 1 saturated heterocycles. The van der Waals surface area contributed by atoms with Crippen LogP contribution in [0.15, 0.2) is 16.3 Å². The molecule has 2 aliphatic rings. The van der Waals surface area contributed by atoms with Gasteiger partial charge in [-0.3, -0.25) is 4.99 Å². The smallest absolute Gasteiger partial charge is 0.233 e. The monoisotopic (exact) mass is 273 g/mol. The lowest BCUT2D eigenvalue weighted by atomic mass is 10.1. The zero-order valence-electron chi connectivity index (χ0n) is 10.9. The summed E-state index contributed by atoms with van der Waals surface area (Å²) < 4.78 is 25.5. The van der Waals surface area contributed by atoms with E-state index in [1.165, 1.54) is 4.31 Å². The Hall–Kier alpha value is -0.920. The molecule has 0 aromatic carbocycles. The molecule has 0 saturated carbocycles. The third-order valence-corrected chi connectivity index (χ3v) is 5.22. The standard InChI is InChI=1S/C11H19N3O3S/c1-8-9(2)12-10(3)14-7-18(16,17)13(4-5-15)6-11(8)14/h9,15H,4-7H2,1-3H3. The lowest BCUT2D eigenvalue weighted by Gasteiger charge is -2.41. The summed E-state index contributed by atoms with van der Waals surface area (Å²) in [7, 11) is -3.35. The largest absolute Gasteiger partial charge is 0.395 e. The van der Waals surface area contributed by atoms with E-state index < -0.39 is 10.0 Å². The minimum atomic E-state index is -3.35. The lowest BCUT2D eigenvalue weighted by molar-refractivity contribution is 0.246. The molecule has 0 bridgehead atoms. The predicted octanol–water partition coefficient (Wildman–Crippen LogP) is -0.0219. The van der Waals surface area contributed by atoms with Gasteiger partial charge in [0.1, 0.15) is 11.7 Å². The number of nitrogens with zero attached hydrogens (tertiary/aromatic N) is 3. The first kappa shape index (κ1) is 13.5. The molecule has 0 aromatic heterocycles. The molecule has 2 heterocycles. The number of amidine groups is 1. The van der Waals surface area contributed by atoms with Crippen molar-refractivity contribution in [2.45, 2.75) is 26.8 Å². The summed E-state index contributed by atoms with van der Waals surface area (Å²) in [5, 5.41) is 8.96. The first-order valence-corrected chi connectivity index (χ1v) is 7.58. The minimum Gasteiger partial charge on any atom is -0.395 e. The van der Waals surface area contributed by atoms with Gasteiger partial charge >= 0.3 is 0 Å². The fraction of sp³-hybridized carbons (Fsp3) is 0.727. The Morgan fingerprint density at radius 3 is 2.72 bits per heavy atom. The van der Waals surface area contributed by atoms with E-state index >= 15 is 0 Å². The second kappa shape index (κ2) is 4.64. The molecule has 6 nitrogen and oxygen atoms in total. The molecular formula is C11H19N3O3S. The highest BCUT2D eigenvalue weighted by molar-refractivity contribution is 7.89. The highest BCUT2D eigenvalue weighted by Crippen LogP contribution is 2.28. The molecule has 0 aliphatic carbocycles. The van der Waals surface area contributed by atoms with Crippen LogP contribution in [0.3, 0.4) is 0 Å². The molecule has 0 amide bonds. The second-order valence-corrected chi connectivity index (χ2v) is 6.65. The van der Waals surface area contributed by atoms with Crippen molar-refractivity contribution in [1.29, 1.82) is 0 Å². The average Bonchev–Trinajstić information content (AvgIpc) is 2.28. The number of hydrogen-bond donors (Lipinski definition) is 1. The van der Waals surface area contributed by atoms with Crippen LogP contribution >= 0.6 is 0 Å². The van der Waals surface area contributed by atoms with Gasteiger partial charge in [-0.15, -0.1) is 0 Å². The maximum absolute atomic E-state index is 12.1. The van der Waals surface area contributed by atoms with Crippen molar-refractivity contribution in [1.82, 2.24) is 9.21 Å². The van der Waals surface area contributed by atoms with Crippen molar-refractivity contribution in [3.8, 4) is 0 Å². The van der Waals surface area contributed by atoms with Crippen LogP contribution in [0, 0.1) is 0 Å². The average molecular weight is 273 g/mol. The van der Waals surface area contributed by atoms with E-state index in [2.05, 4.69) is 4.99 Å². The van der Waals surface area contributed by atoms with Crippen LogP contribution in [0.25, 0.3) is 0 Å². The van der Waals surface area contributed by atoms with Gasteiger partial charge in [0.05, 0.1) is 19.2 Å². The second-order valence-electron chi connectivity index (χ2n) is 4.71. The Balaban J connectivity index is 2.38. The maximum atomic E-state index is 12.1. The summed E-state index contributed by atoms with van der Waals surface area (Å²) in [4.78, 5) is 6.20. The fourth-order valence-corrected chi connectivity index (χ4v) is 3.83. The Kier molecular flexibility index (Phi) is 3.48. The molecule has 1 fully saturated rings. The molecule has 18 heavy (non-hydrogen) atoms. The van der Waals surface area contributed by atoms with Crippen LogP contribution in [0.1, 0.15) is 20.8 Å². The van der Waals surface area contributed by atoms with Crippen LogP contribution < -0.4 is 0 Å².